The topological polar surface area (TPSA) is 21.3 Å². The Hall–Kier alpha value is -0.800. The van der Waals surface area contributed by atoms with E-state index in [0.29, 0.717) is 23.0 Å². The van der Waals surface area contributed by atoms with Gasteiger partial charge < -0.3 is 10.1 Å². The standard InChI is InChI=1S/C12H15ClFNO/c1-16-11-7-9(13)5-8(12(11)14)6-10-3-2-4-15-10/h5,7,10,15H,2-4,6H2,1H3. The fourth-order valence-electron chi connectivity index (χ4n) is 2.11. The minimum Gasteiger partial charge on any atom is -0.494 e. The summed E-state index contributed by atoms with van der Waals surface area (Å²) in [5.41, 5.74) is 0.628. The fraction of sp³-hybridized carbons (Fsp3) is 0.500. The van der Waals surface area contributed by atoms with Crippen molar-refractivity contribution in [3.63, 3.8) is 0 Å². The lowest BCUT2D eigenvalue weighted by Gasteiger charge is -2.13. The van der Waals surface area contributed by atoms with Crippen LogP contribution in [0.1, 0.15) is 18.4 Å². The predicted octanol–water partition coefficient (Wildman–Crippen LogP) is 2.78. The van der Waals surface area contributed by atoms with Crippen molar-refractivity contribution in [2.45, 2.75) is 25.3 Å². The lowest BCUT2D eigenvalue weighted by Crippen LogP contribution is -2.24. The van der Waals surface area contributed by atoms with Crippen molar-refractivity contribution in [3.8, 4) is 5.75 Å². The molecule has 1 unspecified atom stereocenters. The number of hydrogen-bond donors (Lipinski definition) is 1. The molecular weight excluding hydrogens is 229 g/mol. The first-order valence-corrected chi connectivity index (χ1v) is 5.84. The van der Waals surface area contributed by atoms with Crippen LogP contribution in [-0.2, 0) is 6.42 Å². The summed E-state index contributed by atoms with van der Waals surface area (Å²) < 4.78 is 18.8. The van der Waals surface area contributed by atoms with Gasteiger partial charge in [0.1, 0.15) is 0 Å². The smallest absolute Gasteiger partial charge is 0.168 e. The van der Waals surface area contributed by atoms with Crippen molar-refractivity contribution in [2.75, 3.05) is 13.7 Å². The second kappa shape index (κ2) is 5.02. The van der Waals surface area contributed by atoms with Crippen molar-refractivity contribution >= 4 is 11.6 Å². The van der Waals surface area contributed by atoms with Crippen LogP contribution in [-0.4, -0.2) is 19.7 Å². The summed E-state index contributed by atoms with van der Waals surface area (Å²) in [4.78, 5) is 0. The number of ether oxygens (including phenoxy) is 1. The Kier molecular flexibility index (Phi) is 3.66. The summed E-state index contributed by atoms with van der Waals surface area (Å²) in [6, 6.07) is 3.54. The molecule has 0 radical (unpaired) electrons. The van der Waals surface area contributed by atoms with Crippen LogP contribution in [0.2, 0.25) is 5.02 Å². The largest absolute Gasteiger partial charge is 0.494 e. The highest BCUT2D eigenvalue weighted by atomic mass is 35.5. The molecule has 1 heterocycles. The van der Waals surface area contributed by atoms with Crippen molar-refractivity contribution in [1.29, 1.82) is 0 Å². The third-order valence-corrected chi connectivity index (χ3v) is 3.15. The molecule has 4 heteroatoms. The number of benzene rings is 1. The molecule has 1 aliphatic rings. The Morgan fingerprint density at radius 3 is 3.00 bits per heavy atom. The van der Waals surface area contributed by atoms with Crippen LogP contribution in [0.5, 0.6) is 5.75 Å². The number of halogens is 2. The van der Waals surface area contributed by atoms with Crippen molar-refractivity contribution < 1.29 is 9.13 Å². The highest BCUT2D eigenvalue weighted by molar-refractivity contribution is 6.30. The number of nitrogens with one attached hydrogen (secondary N) is 1. The van der Waals surface area contributed by atoms with Crippen molar-refractivity contribution in [3.05, 3.63) is 28.5 Å². The van der Waals surface area contributed by atoms with Gasteiger partial charge in [-0.25, -0.2) is 4.39 Å². The van der Waals surface area contributed by atoms with Crippen LogP contribution in [0.3, 0.4) is 0 Å². The van der Waals surface area contributed by atoms with Gasteiger partial charge in [-0.1, -0.05) is 11.6 Å². The van der Waals surface area contributed by atoms with Gasteiger partial charge in [-0.05, 0) is 37.4 Å². The first-order chi connectivity index (χ1) is 7.70. The molecule has 1 aromatic carbocycles. The Morgan fingerprint density at radius 2 is 2.38 bits per heavy atom. The van der Waals surface area contributed by atoms with E-state index in [-0.39, 0.29) is 11.6 Å². The van der Waals surface area contributed by atoms with Gasteiger partial charge >= 0.3 is 0 Å². The highest BCUT2D eigenvalue weighted by Crippen LogP contribution is 2.27. The molecule has 0 aromatic heterocycles. The lowest BCUT2D eigenvalue weighted by molar-refractivity contribution is 0.383. The van der Waals surface area contributed by atoms with Gasteiger partial charge in [0.25, 0.3) is 0 Å². The van der Waals surface area contributed by atoms with Gasteiger partial charge in [0.2, 0.25) is 0 Å². The van der Waals surface area contributed by atoms with E-state index in [4.69, 9.17) is 16.3 Å². The molecule has 0 saturated carbocycles. The molecule has 88 valence electrons. The molecular formula is C12H15ClFNO. The third-order valence-electron chi connectivity index (χ3n) is 2.93. The second-order valence-electron chi connectivity index (χ2n) is 4.08. The quantitative estimate of drug-likeness (QED) is 0.882. The zero-order valence-electron chi connectivity index (χ0n) is 9.22. The Balaban J connectivity index is 2.21. The van der Waals surface area contributed by atoms with Crippen molar-refractivity contribution in [1.82, 2.24) is 5.32 Å². The Morgan fingerprint density at radius 1 is 1.56 bits per heavy atom. The van der Waals surface area contributed by atoms with Crippen LogP contribution in [0.15, 0.2) is 12.1 Å². The van der Waals surface area contributed by atoms with E-state index in [1.54, 1.807) is 6.07 Å². The normalized spacial score (nSPS) is 20.1. The molecule has 1 fully saturated rings. The molecule has 1 aromatic rings. The van der Waals surface area contributed by atoms with Crippen LogP contribution in [0, 0.1) is 5.82 Å². The van der Waals surface area contributed by atoms with E-state index in [1.807, 2.05) is 0 Å². The van der Waals surface area contributed by atoms with E-state index in [9.17, 15) is 4.39 Å². The molecule has 1 aliphatic heterocycles. The summed E-state index contributed by atoms with van der Waals surface area (Å²) in [7, 11) is 1.45. The van der Waals surface area contributed by atoms with Gasteiger partial charge in [0.05, 0.1) is 7.11 Å². The van der Waals surface area contributed by atoms with Crippen molar-refractivity contribution in [2.24, 2.45) is 0 Å². The average Bonchev–Trinajstić information content (AvgIpc) is 2.75. The highest BCUT2D eigenvalue weighted by Gasteiger charge is 2.18. The average molecular weight is 244 g/mol. The van der Waals surface area contributed by atoms with E-state index in [2.05, 4.69) is 5.32 Å². The molecule has 0 spiro atoms. The fourth-order valence-corrected chi connectivity index (χ4v) is 2.34. The summed E-state index contributed by atoms with van der Waals surface area (Å²) >= 11 is 5.92. The summed E-state index contributed by atoms with van der Waals surface area (Å²) in [6.45, 7) is 1.02. The lowest BCUT2D eigenvalue weighted by atomic mass is 10.0. The Bertz CT molecular complexity index is 378. The predicted molar refractivity (Wildman–Crippen MR) is 62.7 cm³/mol. The zero-order valence-corrected chi connectivity index (χ0v) is 9.98. The molecule has 0 bridgehead atoms. The number of methoxy groups -OCH3 is 1. The molecule has 1 saturated heterocycles. The van der Waals surface area contributed by atoms with E-state index < -0.39 is 0 Å². The van der Waals surface area contributed by atoms with Crippen LogP contribution >= 0.6 is 11.6 Å². The van der Waals surface area contributed by atoms with Crippen LogP contribution in [0.4, 0.5) is 4.39 Å². The maximum absolute atomic E-state index is 13.9. The monoisotopic (exact) mass is 243 g/mol. The second-order valence-corrected chi connectivity index (χ2v) is 4.51. The molecule has 2 nitrogen and oxygen atoms in total. The summed E-state index contributed by atoms with van der Waals surface area (Å²) in [5, 5.41) is 3.86. The minimum absolute atomic E-state index is 0.223. The molecule has 2 rings (SSSR count). The van der Waals surface area contributed by atoms with Crippen LogP contribution in [0.25, 0.3) is 0 Å². The van der Waals surface area contributed by atoms with Gasteiger partial charge in [0, 0.05) is 17.1 Å². The van der Waals surface area contributed by atoms with Gasteiger partial charge in [-0.2, -0.15) is 0 Å². The number of hydrogen-bond acceptors (Lipinski definition) is 2. The van der Waals surface area contributed by atoms with E-state index in [0.717, 1.165) is 19.4 Å². The Labute approximate surface area is 99.7 Å². The van der Waals surface area contributed by atoms with Gasteiger partial charge in [-0.3, -0.25) is 0 Å². The van der Waals surface area contributed by atoms with E-state index >= 15 is 0 Å². The maximum atomic E-state index is 13.9. The summed E-state index contributed by atoms with van der Waals surface area (Å²) in [5.74, 6) is -0.0684. The first kappa shape index (κ1) is 11.7. The maximum Gasteiger partial charge on any atom is 0.168 e. The van der Waals surface area contributed by atoms with Gasteiger partial charge in [0.15, 0.2) is 11.6 Å². The molecule has 1 N–H and O–H groups in total. The van der Waals surface area contributed by atoms with Gasteiger partial charge in [-0.15, -0.1) is 0 Å². The van der Waals surface area contributed by atoms with Crippen LogP contribution < -0.4 is 10.1 Å². The van der Waals surface area contributed by atoms with E-state index in [1.165, 1.54) is 13.2 Å². The molecule has 1 atom stereocenters. The summed E-state index contributed by atoms with van der Waals surface area (Å²) in [6.07, 6.45) is 2.92. The molecule has 16 heavy (non-hydrogen) atoms. The third kappa shape index (κ3) is 2.47. The molecule has 0 amide bonds. The number of rotatable bonds is 3. The zero-order chi connectivity index (χ0) is 11.5. The minimum atomic E-state index is -0.291. The first-order valence-electron chi connectivity index (χ1n) is 5.46. The molecule has 0 aliphatic carbocycles. The SMILES string of the molecule is COc1cc(Cl)cc(CC2CCCN2)c1F.